The molecule has 122 valence electrons. The molecule has 0 N–H and O–H groups in total. The van der Waals surface area contributed by atoms with Gasteiger partial charge in [-0.25, -0.2) is 4.98 Å². The Morgan fingerprint density at radius 1 is 0.917 bits per heavy atom. The minimum Gasteiger partial charge on any atom is -0.332 e. The van der Waals surface area contributed by atoms with E-state index in [1.165, 1.54) is 16.3 Å². The van der Waals surface area contributed by atoms with Crippen LogP contribution in [0.15, 0.2) is 96.1 Å². The summed E-state index contributed by atoms with van der Waals surface area (Å²) in [4.78, 5) is 5.48. The van der Waals surface area contributed by atoms with E-state index in [1.807, 2.05) is 18.7 Å². The van der Waals surface area contributed by atoms with Crippen LogP contribution in [0, 0.1) is 0 Å². The van der Waals surface area contributed by atoms with Gasteiger partial charge in [-0.15, -0.1) is 12.4 Å². The Bertz CT molecular complexity index is 843. The summed E-state index contributed by atoms with van der Waals surface area (Å²) in [5.41, 5.74) is 2.50. The molecule has 1 aliphatic heterocycles. The van der Waals surface area contributed by atoms with Crippen LogP contribution in [0.25, 0.3) is 0 Å². The lowest BCUT2D eigenvalue weighted by Gasteiger charge is -2.27. The second kappa shape index (κ2) is 7.51. The Morgan fingerprint density at radius 2 is 1.62 bits per heavy atom. The molecule has 1 aliphatic rings. The number of anilines is 1. The largest absolute Gasteiger partial charge is 0.332 e. The van der Waals surface area contributed by atoms with Crippen LogP contribution in [-0.2, 0) is 6.54 Å². The number of aromatic nitrogens is 2. The first-order valence-corrected chi connectivity index (χ1v) is 8.79. The van der Waals surface area contributed by atoms with Crippen LogP contribution in [0.1, 0.15) is 0 Å². The van der Waals surface area contributed by atoms with Crippen LogP contribution in [0.5, 0.6) is 0 Å². The van der Waals surface area contributed by atoms with Crippen molar-refractivity contribution in [2.75, 3.05) is 4.31 Å². The number of benzene rings is 2. The van der Waals surface area contributed by atoms with Gasteiger partial charge >= 0.3 is 0 Å². The molecule has 0 radical (unpaired) electrons. The summed E-state index contributed by atoms with van der Waals surface area (Å²) in [6.07, 6.45) is 7.93. The lowest BCUT2D eigenvalue weighted by Crippen LogP contribution is -2.17. The van der Waals surface area contributed by atoms with Gasteiger partial charge in [-0.1, -0.05) is 47.1 Å². The van der Waals surface area contributed by atoms with Gasteiger partial charge < -0.3 is 4.57 Å². The van der Waals surface area contributed by atoms with Crippen molar-refractivity contribution in [1.29, 1.82) is 0 Å². The molecule has 3 aromatic rings. The summed E-state index contributed by atoms with van der Waals surface area (Å²) >= 11 is 0. The van der Waals surface area contributed by atoms with E-state index in [0.29, 0.717) is 0 Å². The van der Waals surface area contributed by atoms with E-state index in [9.17, 15) is 0 Å². The summed E-state index contributed by atoms with van der Waals surface area (Å²) in [6, 6.07) is 21.3. The zero-order valence-corrected chi connectivity index (χ0v) is 14.7. The molecule has 0 saturated carbocycles. The van der Waals surface area contributed by atoms with E-state index in [2.05, 4.69) is 86.0 Å². The van der Waals surface area contributed by atoms with Crippen molar-refractivity contribution in [2.24, 2.45) is 0 Å². The lowest BCUT2D eigenvalue weighted by atomic mass is 10.3. The Labute approximate surface area is 150 Å². The molecule has 1 unspecified atom stereocenters. The fourth-order valence-electron chi connectivity index (χ4n) is 2.67. The first-order valence-electron chi connectivity index (χ1n) is 7.55. The van der Waals surface area contributed by atoms with Crippen molar-refractivity contribution in [3.8, 4) is 0 Å². The number of allylic oxidation sites excluding steroid dienone is 2. The van der Waals surface area contributed by atoms with Crippen molar-refractivity contribution in [1.82, 2.24) is 9.55 Å². The zero-order valence-electron chi connectivity index (χ0n) is 13.0. The third kappa shape index (κ3) is 3.30. The number of nitrogens with zero attached hydrogens (tertiary/aromatic N) is 3. The number of imidazole rings is 1. The van der Waals surface area contributed by atoms with Gasteiger partial charge in [-0.05, 0) is 35.7 Å². The molecule has 2 heterocycles. The van der Waals surface area contributed by atoms with E-state index in [1.54, 1.807) is 0 Å². The lowest BCUT2D eigenvalue weighted by molar-refractivity contribution is 0.777. The number of hydrogen-bond acceptors (Lipinski definition) is 2. The highest BCUT2D eigenvalue weighted by Gasteiger charge is 2.21. The molecule has 1 aromatic heterocycles. The van der Waals surface area contributed by atoms with Crippen molar-refractivity contribution >= 4 is 34.1 Å². The van der Waals surface area contributed by atoms with Crippen LogP contribution in [0.2, 0.25) is 0 Å². The molecule has 0 spiro atoms. The molecule has 3 nitrogen and oxygen atoms in total. The fraction of sp³-hybridized carbons (Fsp3) is 0.0526. The van der Waals surface area contributed by atoms with Crippen LogP contribution < -0.4 is 4.31 Å². The third-order valence-corrected chi connectivity index (χ3v) is 5.71. The van der Waals surface area contributed by atoms with Gasteiger partial charge in [-0.2, -0.15) is 0 Å². The maximum atomic E-state index is 4.15. The molecule has 0 amide bonds. The van der Waals surface area contributed by atoms with E-state index in [4.69, 9.17) is 0 Å². The smallest absolute Gasteiger partial charge is 0.0949 e. The van der Waals surface area contributed by atoms with Gasteiger partial charge in [0, 0.05) is 17.3 Å². The molecule has 0 bridgehead atoms. The molecular weight excluding hydrogens is 338 g/mol. The summed E-state index contributed by atoms with van der Waals surface area (Å²) in [7, 11) is -0.0890. The second-order valence-corrected chi connectivity index (χ2v) is 7.02. The predicted molar refractivity (Wildman–Crippen MR) is 105 cm³/mol. The number of halogens is 1. The molecule has 4 rings (SSSR count). The number of hydrogen-bond donors (Lipinski definition) is 0. The normalized spacial score (nSPS) is 16.2. The van der Waals surface area contributed by atoms with Gasteiger partial charge in [0.2, 0.25) is 0 Å². The second-order valence-electron chi connectivity index (χ2n) is 5.29. The average Bonchev–Trinajstić information content (AvgIpc) is 3.27. The van der Waals surface area contributed by atoms with Gasteiger partial charge in [0.25, 0.3) is 0 Å². The minimum atomic E-state index is -0.0890. The standard InChI is InChI=1S/C19H17N3S.ClH/c1-3-7-17(8-4-1)22-18(15-21-13-12-20-16-21)11-14-23(22)19-9-5-2-6-10-19;/h1-14,16H,15H2;1H. The van der Waals surface area contributed by atoms with E-state index >= 15 is 0 Å². The van der Waals surface area contributed by atoms with Crippen LogP contribution >= 0.6 is 23.1 Å². The minimum absolute atomic E-state index is 0. The van der Waals surface area contributed by atoms with Crippen molar-refractivity contribution < 1.29 is 0 Å². The van der Waals surface area contributed by atoms with E-state index < -0.39 is 0 Å². The fourth-order valence-corrected chi connectivity index (χ4v) is 4.60. The highest BCUT2D eigenvalue weighted by molar-refractivity contribution is 8.16. The van der Waals surface area contributed by atoms with Crippen LogP contribution in [0.4, 0.5) is 5.69 Å². The summed E-state index contributed by atoms with van der Waals surface area (Å²) in [5, 5.41) is 2.30. The highest BCUT2D eigenvalue weighted by atomic mass is 35.5. The molecule has 1 atom stereocenters. The van der Waals surface area contributed by atoms with Crippen LogP contribution in [-0.4, -0.2) is 14.9 Å². The summed E-state index contributed by atoms with van der Waals surface area (Å²) in [6.45, 7) is 0.821. The molecule has 0 aliphatic carbocycles. The molecular formula is C19H18ClN3S. The summed E-state index contributed by atoms with van der Waals surface area (Å²) < 4.78 is 4.53. The van der Waals surface area contributed by atoms with Crippen molar-refractivity contribution in [3.63, 3.8) is 0 Å². The number of rotatable bonds is 4. The topological polar surface area (TPSA) is 21.1 Å². The van der Waals surface area contributed by atoms with Crippen molar-refractivity contribution in [3.05, 3.63) is 91.2 Å². The van der Waals surface area contributed by atoms with E-state index in [0.717, 1.165) is 6.54 Å². The Balaban J connectivity index is 0.00000169. The van der Waals surface area contributed by atoms with Gasteiger partial charge in [0.1, 0.15) is 0 Å². The first kappa shape index (κ1) is 16.6. The average molecular weight is 356 g/mol. The summed E-state index contributed by atoms with van der Waals surface area (Å²) in [5.74, 6) is 0. The predicted octanol–water partition coefficient (Wildman–Crippen LogP) is 4.75. The Hall–Kier alpha value is -2.30. The zero-order chi connectivity index (χ0) is 15.5. The maximum absolute atomic E-state index is 4.15. The molecule has 0 saturated heterocycles. The first-order chi connectivity index (χ1) is 11.4. The number of para-hydroxylation sites is 1. The highest BCUT2D eigenvalue weighted by Crippen LogP contribution is 2.41. The van der Waals surface area contributed by atoms with Crippen LogP contribution in [0.3, 0.4) is 0 Å². The SMILES string of the molecule is C1=C(Cn2ccnc2)N(c2ccccc2)S(c2ccccc2)=C1.Cl. The van der Waals surface area contributed by atoms with Crippen molar-refractivity contribution in [2.45, 2.75) is 11.4 Å². The Kier molecular flexibility index (Phi) is 5.18. The third-order valence-electron chi connectivity index (χ3n) is 3.73. The maximum Gasteiger partial charge on any atom is 0.0949 e. The van der Waals surface area contributed by atoms with Gasteiger partial charge in [-0.3, -0.25) is 4.31 Å². The molecule has 2 aromatic carbocycles. The van der Waals surface area contributed by atoms with Gasteiger partial charge in [0.05, 0.1) is 24.3 Å². The van der Waals surface area contributed by atoms with Gasteiger partial charge in [0.15, 0.2) is 0 Å². The van der Waals surface area contributed by atoms with E-state index in [-0.39, 0.29) is 23.1 Å². The Morgan fingerprint density at radius 3 is 2.29 bits per heavy atom. The molecule has 0 fully saturated rings. The monoisotopic (exact) mass is 355 g/mol. The molecule has 24 heavy (non-hydrogen) atoms. The quantitative estimate of drug-likeness (QED) is 0.629. The molecule has 5 heteroatoms.